The van der Waals surface area contributed by atoms with E-state index in [9.17, 15) is 4.79 Å². The molecule has 1 aromatic carbocycles. The number of hydrogen-bond donors (Lipinski definition) is 2. The van der Waals surface area contributed by atoms with Crippen LogP contribution in [-0.2, 0) is 0 Å². The van der Waals surface area contributed by atoms with E-state index in [1.54, 1.807) is 11.0 Å². The molecule has 24 heavy (non-hydrogen) atoms. The van der Waals surface area contributed by atoms with Crippen LogP contribution >= 0.6 is 12.4 Å². The molecular formula is C16H20ClN5O2. The maximum atomic E-state index is 12.4. The normalized spacial score (nSPS) is 22.2. The van der Waals surface area contributed by atoms with Gasteiger partial charge in [-0.3, -0.25) is 4.79 Å². The third-order valence-corrected chi connectivity index (χ3v) is 4.36. The number of nitrogens with one attached hydrogen (secondary N) is 2. The number of fused-ring (bicyclic) bond motifs is 1. The fraction of sp³-hybridized carbons (Fsp3) is 0.438. The summed E-state index contributed by atoms with van der Waals surface area (Å²) in [6.45, 7) is 2.35. The van der Waals surface area contributed by atoms with Gasteiger partial charge in [-0.2, -0.15) is 0 Å². The highest BCUT2D eigenvalue weighted by molar-refractivity contribution is 5.90. The smallest absolute Gasteiger partial charge is 0.291 e. The van der Waals surface area contributed by atoms with Crippen LogP contribution < -0.4 is 15.4 Å². The second-order valence-electron chi connectivity index (χ2n) is 5.92. The summed E-state index contributed by atoms with van der Waals surface area (Å²) in [5, 5.41) is 10.6. The molecular weight excluding hydrogens is 330 g/mol. The highest BCUT2D eigenvalue weighted by atomic mass is 35.5. The van der Waals surface area contributed by atoms with Crippen molar-refractivity contribution in [2.75, 3.05) is 19.7 Å². The molecule has 0 radical (unpaired) electrons. The molecule has 0 spiro atoms. The SMILES string of the molecule is Cl.O=C(NC1COc2ccccc21)c1ncn(C2CCCNC2)n1. The number of hydrogen-bond acceptors (Lipinski definition) is 5. The molecule has 0 bridgehead atoms. The van der Waals surface area contributed by atoms with Crippen LogP contribution in [0, 0.1) is 0 Å². The van der Waals surface area contributed by atoms with Gasteiger partial charge in [-0.25, -0.2) is 9.67 Å². The summed E-state index contributed by atoms with van der Waals surface area (Å²) in [6, 6.07) is 7.85. The number of piperidine rings is 1. The van der Waals surface area contributed by atoms with Crippen molar-refractivity contribution < 1.29 is 9.53 Å². The van der Waals surface area contributed by atoms with E-state index >= 15 is 0 Å². The molecule has 4 rings (SSSR count). The molecule has 1 fully saturated rings. The Balaban J connectivity index is 0.00000169. The van der Waals surface area contributed by atoms with Crippen LogP contribution in [0.2, 0.25) is 0 Å². The molecule has 2 aromatic rings. The molecule has 7 nitrogen and oxygen atoms in total. The number of nitrogens with zero attached hydrogens (tertiary/aromatic N) is 3. The van der Waals surface area contributed by atoms with Crippen molar-refractivity contribution in [2.45, 2.75) is 24.9 Å². The van der Waals surface area contributed by atoms with Crippen LogP contribution in [0.5, 0.6) is 5.75 Å². The molecule has 0 aliphatic carbocycles. The van der Waals surface area contributed by atoms with Crippen LogP contribution in [0.3, 0.4) is 0 Å². The summed E-state index contributed by atoms with van der Waals surface area (Å²) in [5.74, 6) is 0.766. The van der Waals surface area contributed by atoms with Crippen molar-refractivity contribution in [3.8, 4) is 5.75 Å². The van der Waals surface area contributed by atoms with Gasteiger partial charge in [0.25, 0.3) is 5.91 Å². The number of ether oxygens (including phenoxy) is 1. The lowest BCUT2D eigenvalue weighted by atomic mass is 10.1. The fourth-order valence-electron chi connectivity index (χ4n) is 3.12. The topological polar surface area (TPSA) is 81.1 Å². The second kappa shape index (κ2) is 7.19. The van der Waals surface area contributed by atoms with Crippen LogP contribution in [0.1, 0.15) is 41.1 Å². The quantitative estimate of drug-likeness (QED) is 0.877. The molecule has 2 aliphatic rings. The van der Waals surface area contributed by atoms with E-state index in [4.69, 9.17) is 4.74 Å². The maximum absolute atomic E-state index is 12.4. The molecule has 3 heterocycles. The van der Waals surface area contributed by atoms with Crippen LogP contribution in [0.4, 0.5) is 0 Å². The van der Waals surface area contributed by atoms with Gasteiger partial charge in [-0.05, 0) is 25.5 Å². The molecule has 8 heteroatoms. The first-order chi connectivity index (χ1) is 11.3. The number of halogens is 1. The minimum atomic E-state index is -0.266. The molecule has 1 aromatic heterocycles. The largest absolute Gasteiger partial charge is 0.491 e. The summed E-state index contributed by atoms with van der Waals surface area (Å²) in [7, 11) is 0. The predicted octanol–water partition coefficient (Wildman–Crippen LogP) is 1.49. The molecule has 1 amide bonds. The zero-order valence-corrected chi connectivity index (χ0v) is 14.0. The van der Waals surface area contributed by atoms with E-state index in [1.165, 1.54) is 0 Å². The summed E-state index contributed by atoms with van der Waals surface area (Å²) in [6.07, 6.45) is 3.81. The van der Waals surface area contributed by atoms with Gasteiger partial charge < -0.3 is 15.4 Å². The molecule has 1 saturated heterocycles. The van der Waals surface area contributed by atoms with Gasteiger partial charge in [0.2, 0.25) is 5.82 Å². The van der Waals surface area contributed by atoms with Crippen molar-refractivity contribution in [1.82, 2.24) is 25.4 Å². The van der Waals surface area contributed by atoms with E-state index in [0.29, 0.717) is 6.61 Å². The summed E-state index contributed by atoms with van der Waals surface area (Å²) in [5.41, 5.74) is 0.997. The van der Waals surface area contributed by atoms with Crippen molar-refractivity contribution >= 4 is 18.3 Å². The van der Waals surface area contributed by atoms with E-state index in [-0.39, 0.29) is 36.2 Å². The molecule has 0 saturated carbocycles. The monoisotopic (exact) mass is 349 g/mol. The molecule has 2 aliphatic heterocycles. The Bertz CT molecular complexity index is 714. The second-order valence-corrected chi connectivity index (χ2v) is 5.92. The minimum absolute atomic E-state index is 0. The minimum Gasteiger partial charge on any atom is -0.491 e. The zero-order valence-electron chi connectivity index (χ0n) is 13.1. The molecule has 2 N–H and O–H groups in total. The average molecular weight is 350 g/mol. The van der Waals surface area contributed by atoms with E-state index in [1.807, 2.05) is 24.3 Å². The summed E-state index contributed by atoms with van der Waals surface area (Å²) < 4.78 is 7.37. The lowest BCUT2D eigenvalue weighted by Crippen LogP contribution is -2.32. The number of para-hydroxylation sites is 1. The first kappa shape index (κ1) is 16.7. The summed E-state index contributed by atoms with van der Waals surface area (Å²) in [4.78, 5) is 16.5. The van der Waals surface area contributed by atoms with Crippen LogP contribution in [0.25, 0.3) is 0 Å². The Kier molecular flexibility index (Phi) is 5.01. The Labute approximate surface area is 146 Å². The predicted molar refractivity (Wildman–Crippen MR) is 90.6 cm³/mol. The van der Waals surface area contributed by atoms with Crippen LogP contribution in [0.15, 0.2) is 30.6 Å². The Morgan fingerprint density at radius 3 is 3.08 bits per heavy atom. The van der Waals surface area contributed by atoms with E-state index in [0.717, 1.165) is 37.2 Å². The number of aromatic nitrogens is 3. The number of benzene rings is 1. The van der Waals surface area contributed by atoms with Gasteiger partial charge in [0.1, 0.15) is 18.7 Å². The van der Waals surface area contributed by atoms with Gasteiger partial charge in [-0.1, -0.05) is 18.2 Å². The number of rotatable bonds is 3. The van der Waals surface area contributed by atoms with Crippen molar-refractivity contribution in [1.29, 1.82) is 0 Å². The Hall–Kier alpha value is -2.12. The third kappa shape index (κ3) is 3.22. The van der Waals surface area contributed by atoms with Gasteiger partial charge in [0, 0.05) is 12.1 Å². The number of carbonyl (C=O) groups excluding carboxylic acids is 1. The lowest BCUT2D eigenvalue weighted by Gasteiger charge is -2.22. The van der Waals surface area contributed by atoms with Crippen molar-refractivity contribution in [3.05, 3.63) is 42.0 Å². The standard InChI is InChI=1S/C16H19N5O2.ClH/c22-16(19-13-9-23-14-6-2-1-5-12(13)14)15-18-10-21(20-15)11-4-3-7-17-8-11;/h1-2,5-6,10-11,13,17H,3-4,7-9H2,(H,19,22);1H. The van der Waals surface area contributed by atoms with Gasteiger partial charge in [0.15, 0.2) is 0 Å². The lowest BCUT2D eigenvalue weighted by molar-refractivity contribution is 0.0919. The van der Waals surface area contributed by atoms with Gasteiger partial charge in [0.05, 0.1) is 12.1 Å². The van der Waals surface area contributed by atoms with Gasteiger partial charge in [-0.15, -0.1) is 17.5 Å². The zero-order chi connectivity index (χ0) is 15.6. The third-order valence-electron chi connectivity index (χ3n) is 4.36. The molecule has 128 valence electrons. The number of carbonyl (C=O) groups is 1. The molecule has 2 unspecified atom stereocenters. The maximum Gasteiger partial charge on any atom is 0.291 e. The van der Waals surface area contributed by atoms with Crippen molar-refractivity contribution in [3.63, 3.8) is 0 Å². The Morgan fingerprint density at radius 2 is 2.25 bits per heavy atom. The summed E-state index contributed by atoms with van der Waals surface area (Å²) >= 11 is 0. The average Bonchev–Trinajstić information content (AvgIpc) is 3.24. The first-order valence-electron chi connectivity index (χ1n) is 7.96. The van der Waals surface area contributed by atoms with Crippen LogP contribution in [-0.4, -0.2) is 40.4 Å². The van der Waals surface area contributed by atoms with E-state index in [2.05, 4.69) is 20.7 Å². The van der Waals surface area contributed by atoms with Gasteiger partial charge >= 0.3 is 0 Å². The Morgan fingerprint density at radius 1 is 1.38 bits per heavy atom. The van der Waals surface area contributed by atoms with Crippen molar-refractivity contribution in [2.24, 2.45) is 0 Å². The highest BCUT2D eigenvalue weighted by Gasteiger charge is 2.27. The fourth-order valence-corrected chi connectivity index (χ4v) is 3.12. The van der Waals surface area contributed by atoms with E-state index < -0.39 is 0 Å². The first-order valence-corrected chi connectivity index (χ1v) is 7.96. The number of amides is 1. The highest BCUT2D eigenvalue weighted by Crippen LogP contribution is 2.31. The molecule has 2 atom stereocenters.